The average molecular weight is 384 g/mol. The Morgan fingerprint density at radius 1 is 1.07 bits per heavy atom. The molecule has 0 aromatic heterocycles. The highest BCUT2D eigenvalue weighted by molar-refractivity contribution is 6.00. The summed E-state index contributed by atoms with van der Waals surface area (Å²) >= 11 is 0. The van der Waals surface area contributed by atoms with E-state index in [1.807, 2.05) is 31.2 Å². The van der Waals surface area contributed by atoms with Crippen molar-refractivity contribution in [1.29, 1.82) is 0 Å². The Hall–Kier alpha value is -1.88. The Kier molecular flexibility index (Phi) is 6.00. The molecule has 1 atom stereocenters. The van der Waals surface area contributed by atoms with Crippen LogP contribution in [-0.4, -0.2) is 48.9 Å². The van der Waals surface area contributed by atoms with Crippen molar-refractivity contribution in [3.63, 3.8) is 0 Å². The van der Waals surface area contributed by atoms with Gasteiger partial charge < -0.3 is 15.1 Å². The molecule has 3 fully saturated rings. The fourth-order valence-electron chi connectivity index (χ4n) is 4.99. The van der Waals surface area contributed by atoms with Gasteiger partial charge in [-0.1, -0.05) is 30.5 Å². The van der Waals surface area contributed by atoms with Crippen molar-refractivity contribution in [2.75, 3.05) is 31.1 Å². The maximum Gasteiger partial charge on any atom is 0.227 e. The van der Waals surface area contributed by atoms with Crippen LogP contribution < -0.4 is 10.2 Å². The summed E-state index contributed by atoms with van der Waals surface area (Å²) in [6, 6.07) is 8.21. The minimum atomic E-state index is -0.231. The molecule has 0 bridgehead atoms. The van der Waals surface area contributed by atoms with E-state index >= 15 is 0 Å². The van der Waals surface area contributed by atoms with Gasteiger partial charge >= 0.3 is 0 Å². The van der Waals surface area contributed by atoms with Crippen LogP contribution in [0.5, 0.6) is 0 Å². The molecule has 2 amide bonds. The summed E-state index contributed by atoms with van der Waals surface area (Å²) in [7, 11) is 0. The molecule has 28 heavy (non-hydrogen) atoms. The van der Waals surface area contributed by atoms with Crippen LogP contribution in [-0.2, 0) is 9.59 Å². The molecule has 2 heterocycles. The first-order valence-corrected chi connectivity index (χ1v) is 11.0. The number of likely N-dealkylation sites (tertiary alicyclic amines) is 1. The number of rotatable bonds is 5. The molecular formula is C23H33N3O2. The van der Waals surface area contributed by atoms with Crippen LogP contribution in [0.2, 0.25) is 0 Å². The molecule has 152 valence electrons. The van der Waals surface area contributed by atoms with Gasteiger partial charge in [0.25, 0.3) is 0 Å². The van der Waals surface area contributed by atoms with Gasteiger partial charge in [0.05, 0.1) is 5.92 Å². The van der Waals surface area contributed by atoms with E-state index in [4.69, 9.17) is 0 Å². The summed E-state index contributed by atoms with van der Waals surface area (Å²) in [5.41, 5.74) is 2.06. The van der Waals surface area contributed by atoms with Crippen molar-refractivity contribution < 1.29 is 9.59 Å². The molecule has 5 heteroatoms. The minimum absolute atomic E-state index is 0.0513. The normalized spacial score (nSPS) is 24.8. The van der Waals surface area contributed by atoms with Crippen molar-refractivity contribution in [2.45, 2.75) is 57.9 Å². The first-order chi connectivity index (χ1) is 13.6. The van der Waals surface area contributed by atoms with Crippen molar-refractivity contribution in [3.8, 4) is 0 Å². The van der Waals surface area contributed by atoms with E-state index < -0.39 is 0 Å². The van der Waals surface area contributed by atoms with E-state index in [0.29, 0.717) is 13.0 Å². The second-order valence-electron chi connectivity index (χ2n) is 8.97. The van der Waals surface area contributed by atoms with E-state index in [2.05, 4.69) is 10.2 Å². The lowest BCUT2D eigenvalue weighted by atomic mass is 10.0. The standard InChI is InChI=1S/C23H33N3O2/c1-17-6-8-21(9-7-17)26-16-19(14-22(26)27)23(28)24-20-10-12-25(13-11-20)15-18-4-2-3-5-18/h6-9,18-20H,2-5,10-16H2,1H3,(H,24,28). The maximum atomic E-state index is 12.7. The predicted octanol–water partition coefficient (Wildman–Crippen LogP) is 3.12. The van der Waals surface area contributed by atoms with Gasteiger partial charge in [0.2, 0.25) is 11.8 Å². The van der Waals surface area contributed by atoms with Gasteiger partial charge in [-0.25, -0.2) is 0 Å². The smallest absolute Gasteiger partial charge is 0.227 e. The molecule has 1 aliphatic carbocycles. The number of nitrogens with one attached hydrogen (secondary N) is 1. The molecule has 4 rings (SSSR count). The Morgan fingerprint density at radius 3 is 2.43 bits per heavy atom. The van der Waals surface area contributed by atoms with Gasteiger partial charge in [0.15, 0.2) is 0 Å². The third-order valence-corrected chi connectivity index (χ3v) is 6.77. The summed E-state index contributed by atoms with van der Waals surface area (Å²) < 4.78 is 0. The van der Waals surface area contributed by atoms with E-state index in [0.717, 1.165) is 37.5 Å². The lowest BCUT2D eigenvalue weighted by molar-refractivity contribution is -0.127. The summed E-state index contributed by atoms with van der Waals surface area (Å²) in [5, 5.41) is 3.23. The fourth-order valence-corrected chi connectivity index (χ4v) is 4.99. The number of hydrogen-bond donors (Lipinski definition) is 1. The van der Waals surface area contributed by atoms with Crippen LogP contribution >= 0.6 is 0 Å². The number of piperidine rings is 1. The predicted molar refractivity (Wildman–Crippen MR) is 111 cm³/mol. The number of amides is 2. The second kappa shape index (κ2) is 8.64. The van der Waals surface area contributed by atoms with Gasteiger partial charge in [-0.15, -0.1) is 0 Å². The zero-order valence-electron chi connectivity index (χ0n) is 17.0. The molecule has 0 radical (unpaired) electrons. The molecular weight excluding hydrogens is 350 g/mol. The first kappa shape index (κ1) is 19.4. The lowest BCUT2D eigenvalue weighted by Gasteiger charge is -2.34. The highest BCUT2D eigenvalue weighted by Crippen LogP contribution is 2.27. The molecule has 0 spiro atoms. The highest BCUT2D eigenvalue weighted by Gasteiger charge is 2.36. The van der Waals surface area contributed by atoms with Crippen molar-refractivity contribution in [2.24, 2.45) is 11.8 Å². The van der Waals surface area contributed by atoms with E-state index in [1.54, 1.807) is 4.90 Å². The summed E-state index contributed by atoms with van der Waals surface area (Å²) in [6.45, 7) is 5.93. The number of aryl methyl sites for hydroxylation is 1. The molecule has 3 aliphatic rings. The van der Waals surface area contributed by atoms with Gasteiger partial charge in [0, 0.05) is 44.3 Å². The Bertz CT molecular complexity index is 688. The first-order valence-electron chi connectivity index (χ1n) is 11.0. The molecule has 2 saturated heterocycles. The number of carbonyl (C=O) groups is 2. The van der Waals surface area contributed by atoms with Crippen molar-refractivity contribution in [1.82, 2.24) is 10.2 Å². The summed E-state index contributed by atoms with van der Waals surface area (Å²) in [5.74, 6) is 0.765. The zero-order chi connectivity index (χ0) is 19.5. The van der Waals surface area contributed by atoms with Crippen LogP contribution in [0.15, 0.2) is 24.3 Å². The molecule has 1 N–H and O–H groups in total. The zero-order valence-corrected chi connectivity index (χ0v) is 17.0. The lowest BCUT2D eigenvalue weighted by Crippen LogP contribution is -2.47. The quantitative estimate of drug-likeness (QED) is 0.850. The number of nitrogens with zero attached hydrogens (tertiary/aromatic N) is 2. The van der Waals surface area contributed by atoms with Crippen LogP contribution in [0.1, 0.15) is 50.5 Å². The molecule has 1 saturated carbocycles. The number of hydrogen-bond acceptors (Lipinski definition) is 3. The van der Waals surface area contributed by atoms with E-state index in [-0.39, 0.29) is 23.8 Å². The largest absolute Gasteiger partial charge is 0.353 e. The molecule has 1 aromatic carbocycles. The maximum absolute atomic E-state index is 12.7. The third-order valence-electron chi connectivity index (χ3n) is 6.77. The van der Waals surface area contributed by atoms with Gasteiger partial charge in [-0.3, -0.25) is 9.59 Å². The van der Waals surface area contributed by atoms with E-state index in [1.165, 1.54) is 37.8 Å². The van der Waals surface area contributed by atoms with Crippen LogP contribution in [0, 0.1) is 18.8 Å². The van der Waals surface area contributed by atoms with Gasteiger partial charge in [-0.05, 0) is 50.7 Å². The molecule has 1 unspecified atom stereocenters. The second-order valence-corrected chi connectivity index (χ2v) is 8.97. The van der Waals surface area contributed by atoms with Crippen molar-refractivity contribution in [3.05, 3.63) is 29.8 Å². The topological polar surface area (TPSA) is 52.7 Å². The monoisotopic (exact) mass is 383 g/mol. The fraction of sp³-hybridized carbons (Fsp3) is 0.652. The number of carbonyl (C=O) groups excluding carboxylic acids is 2. The highest BCUT2D eigenvalue weighted by atomic mass is 16.2. The average Bonchev–Trinajstić information content (AvgIpc) is 3.34. The minimum Gasteiger partial charge on any atom is -0.353 e. The number of benzene rings is 1. The van der Waals surface area contributed by atoms with Gasteiger partial charge in [-0.2, -0.15) is 0 Å². The van der Waals surface area contributed by atoms with Crippen LogP contribution in [0.4, 0.5) is 5.69 Å². The van der Waals surface area contributed by atoms with Gasteiger partial charge in [0.1, 0.15) is 0 Å². The molecule has 2 aliphatic heterocycles. The van der Waals surface area contributed by atoms with E-state index in [9.17, 15) is 9.59 Å². The summed E-state index contributed by atoms with van der Waals surface area (Å²) in [6.07, 6.45) is 7.96. The van der Waals surface area contributed by atoms with Crippen molar-refractivity contribution >= 4 is 17.5 Å². The van der Waals surface area contributed by atoms with Crippen LogP contribution in [0.25, 0.3) is 0 Å². The molecule has 1 aromatic rings. The Morgan fingerprint density at radius 2 is 1.75 bits per heavy atom. The number of anilines is 1. The van der Waals surface area contributed by atoms with Crippen LogP contribution in [0.3, 0.4) is 0 Å². The Balaban J connectivity index is 1.24. The third kappa shape index (κ3) is 4.57. The summed E-state index contributed by atoms with van der Waals surface area (Å²) in [4.78, 5) is 29.5. The molecule has 5 nitrogen and oxygen atoms in total. The Labute approximate surface area is 168 Å². The SMILES string of the molecule is Cc1ccc(N2CC(C(=O)NC3CCN(CC4CCCC4)CC3)CC2=O)cc1.